The summed E-state index contributed by atoms with van der Waals surface area (Å²) in [5.41, 5.74) is 1.03. The van der Waals surface area contributed by atoms with E-state index in [1.165, 1.54) is 16.4 Å². The van der Waals surface area contributed by atoms with E-state index in [0.29, 0.717) is 19.4 Å². The fourth-order valence-electron chi connectivity index (χ4n) is 3.45. The molecule has 162 valence electrons. The minimum Gasteiger partial charge on any atom is -0.491 e. The first kappa shape index (κ1) is 22.2. The molecule has 1 heterocycles. The number of ether oxygens (including phenoxy) is 1. The van der Waals surface area contributed by atoms with Gasteiger partial charge in [0.05, 0.1) is 10.9 Å². The topological polar surface area (TPSA) is 75.7 Å². The van der Waals surface area contributed by atoms with Gasteiger partial charge in [-0.15, -0.1) is 0 Å². The molecule has 0 aromatic heterocycles. The first-order valence-corrected chi connectivity index (χ1v) is 11.5. The predicted octanol–water partition coefficient (Wildman–Crippen LogP) is 3.12. The summed E-state index contributed by atoms with van der Waals surface area (Å²) in [5, 5.41) is 2.96. The molecule has 6 nitrogen and oxygen atoms in total. The second kappa shape index (κ2) is 9.57. The molecule has 1 fully saturated rings. The lowest BCUT2D eigenvalue weighted by molar-refractivity contribution is -0.126. The van der Waals surface area contributed by atoms with Gasteiger partial charge in [0.25, 0.3) is 0 Å². The number of carbonyl (C=O) groups is 1. The van der Waals surface area contributed by atoms with Gasteiger partial charge in [-0.05, 0) is 62.6 Å². The molecule has 1 aliphatic heterocycles. The van der Waals surface area contributed by atoms with Crippen molar-refractivity contribution in [2.45, 2.75) is 37.6 Å². The summed E-state index contributed by atoms with van der Waals surface area (Å²) in [5.74, 6) is -0.0250. The maximum Gasteiger partial charge on any atom is 0.243 e. The van der Waals surface area contributed by atoms with Crippen LogP contribution in [0.2, 0.25) is 0 Å². The number of halogens is 1. The van der Waals surface area contributed by atoms with Crippen LogP contribution < -0.4 is 10.1 Å². The SMILES string of the molecule is Cc1ccccc1OCC(C)NC(=O)C1CCN(S(=O)(=O)c2ccc(F)cc2)CC1. The van der Waals surface area contributed by atoms with Gasteiger partial charge < -0.3 is 10.1 Å². The molecule has 0 aliphatic carbocycles. The second-order valence-electron chi connectivity index (χ2n) is 7.62. The average molecular weight is 435 g/mol. The highest BCUT2D eigenvalue weighted by Gasteiger charge is 2.32. The van der Waals surface area contributed by atoms with Crippen molar-refractivity contribution in [3.8, 4) is 5.75 Å². The third kappa shape index (κ3) is 5.37. The van der Waals surface area contributed by atoms with Crippen LogP contribution in [0, 0.1) is 18.7 Å². The number of carbonyl (C=O) groups excluding carboxylic acids is 1. The lowest BCUT2D eigenvalue weighted by Gasteiger charge is -2.31. The third-order valence-corrected chi connectivity index (χ3v) is 7.16. The molecule has 1 unspecified atom stereocenters. The first-order chi connectivity index (χ1) is 14.3. The summed E-state index contributed by atoms with van der Waals surface area (Å²) >= 11 is 0. The fraction of sp³-hybridized carbons (Fsp3) is 0.409. The van der Waals surface area contributed by atoms with E-state index in [2.05, 4.69) is 5.32 Å². The average Bonchev–Trinajstić information content (AvgIpc) is 2.73. The highest BCUT2D eigenvalue weighted by atomic mass is 32.2. The summed E-state index contributed by atoms with van der Waals surface area (Å²) in [4.78, 5) is 12.6. The van der Waals surface area contributed by atoms with Gasteiger partial charge in [-0.3, -0.25) is 4.79 Å². The van der Waals surface area contributed by atoms with Crippen LogP contribution in [0.4, 0.5) is 4.39 Å². The Morgan fingerprint density at radius 2 is 1.80 bits per heavy atom. The van der Waals surface area contributed by atoms with E-state index in [1.54, 1.807) is 0 Å². The van der Waals surface area contributed by atoms with Gasteiger partial charge in [-0.2, -0.15) is 4.31 Å². The molecule has 0 saturated carbocycles. The zero-order valence-electron chi connectivity index (χ0n) is 17.2. The minimum absolute atomic E-state index is 0.0637. The Hall–Kier alpha value is -2.45. The molecule has 1 atom stereocenters. The quantitative estimate of drug-likeness (QED) is 0.727. The van der Waals surface area contributed by atoms with Gasteiger partial charge in [0, 0.05) is 19.0 Å². The second-order valence-corrected chi connectivity index (χ2v) is 9.56. The summed E-state index contributed by atoms with van der Waals surface area (Å²) in [6.45, 7) is 4.71. The number of nitrogens with zero attached hydrogens (tertiary/aromatic N) is 1. The number of amides is 1. The van der Waals surface area contributed by atoms with E-state index in [9.17, 15) is 17.6 Å². The normalized spacial score (nSPS) is 16.8. The van der Waals surface area contributed by atoms with Crippen LogP contribution in [0.5, 0.6) is 5.75 Å². The molecule has 0 radical (unpaired) electrons. The Balaban J connectivity index is 1.49. The largest absolute Gasteiger partial charge is 0.491 e. The maximum atomic E-state index is 13.1. The summed E-state index contributed by atoms with van der Waals surface area (Å²) in [7, 11) is -3.68. The van der Waals surface area contributed by atoms with E-state index in [-0.39, 0.29) is 35.9 Å². The molecule has 1 amide bonds. The van der Waals surface area contributed by atoms with Gasteiger partial charge in [-0.25, -0.2) is 12.8 Å². The summed E-state index contributed by atoms with van der Waals surface area (Å²) in [6, 6.07) is 12.3. The molecule has 1 N–H and O–H groups in total. The van der Waals surface area contributed by atoms with E-state index in [4.69, 9.17) is 4.74 Å². The Bertz CT molecular complexity index is 971. The van der Waals surface area contributed by atoms with Crippen LogP contribution in [-0.4, -0.2) is 44.4 Å². The monoisotopic (exact) mass is 434 g/mol. The van der Waals surface area contributed by atoms with Crippen molar-refractivity contribution in [3.63, 3.8) is 0 Å². The van der Waals surface area contributed by atoms with E-state index < -0.39 is 15.8 Å². The molecule has 30 heavy (non-hydrogen) atoms. The van der Waals surface area contributed by atoms with E-state index in [0.717, 1.165) is 23.4 Å². The number of benzene rings is 2. The van der Waals surface area contributed by atoms with Crippen LogP contribution in [0.3, 0.4) is 0 Å². The molecule has 1 aliphatic rings. The highest BCUT2D eigenvalue weighted by molar-refractivity contribution is 7.89. The van der Waals surface area contributed by atoms with Gasteiger partial charge in [0.1, 0.15) is 18.2 Å². The van der Waals surface area contributed by atoms with Crippen LogP contribution in [0.15, 0.2) is 53.4 Å². The molecular formula is C22H27FN2O4S. The van der Waals surface area contributed by atoms with Crippen LogP contribution in [0.25, 0.3) is 0 Å². The number of sulfonamides is 1. The van der Waals surface area contributed by atoms with Crippen molar-refractivity contribution in [2.24, 2.45) is 5.92 Å². The predicted molar refractivity (Wildman–Crippen MR) is 112 cm³/mol. The Kier molecular flexibility index (Phi) is 7.10. The van der Waals surface area contributed by atoms with Crippen molar-refractivity contribution in [1.29, 1.82) is 0 Å². The number of hydrogen-bond donors (Lipinski definition) is 1. The Labute approximate surface area is 177 Å². The molecule has 0 bridgehead atoms. The highest BCUT2D eigenvalue weighted by Crippen LogP contribution is 2.24. The van der Waals surface area contributed by atoms with Crippen LogP contribution >= 0.6 is 0 Å². The lowest BCUT2D eigenvalue weighted by atomic mass is 9.97. The molecule has 2 aromatic carbocycles. The lowest BCUT2D eigenvalue weighted by Crippen LogP contribution is -2.45. The number of hydrogen-bond acceptors (Lipinski definition) is 4. The summed E-state index contributed by atoms with van der Waals surface area (Å²) in [6.07, 6.45) is 0.884. The number of nitrogens with one attached hydrogen (secondary N) is 1. The molecule has 1 saturated heterocycles. The number of aryl methyl sites for hydroxylation is 1. The van der Waals surface area contributed by atoms with Gasteiger partial charge in [0.15, 0.2) is 0 Å². The number of para-hydroxylation sites is 1. The van der Waals surface area contributed by atoms with Gasteiger partial charge in [0.2, 0.25) is 15.9 Å². The van der Waals surface area contributed by atoms with Crippen molar-refractivity contribution < 1.29 is 22.3 Å². The molecule has 2 aromatic rings. The summed E-state index contributed by atoms with van der Waals surface area (Å²) < 4.78 is 45.6. The van der Waals surface area contributed by atoms with Crippen LogP contribution in [0.1, 0.15) is 25.3 Å². The molecule has 3 rings (SSSR count). The first-order valence-electron chi connectivity index (χ1n) is 10.0. The van der Waals surface area contributed by atoms with Crippen molar-refractivity contribution in [2.75, 3.05) is 19.7 Å². The Morgan fingerprint density at radius 3 is 2.43 bits per heavy atom. The molecular weight excluding hydrogens is 407 g/mol. The minimum atomic E-state index is -3.68. The van der Waals surface area contributed by atoms with Crippen molar-refractivity contribution in [1.82, 2.24) is 9.62 Å². The number of rotatable bonds is 7. The fourth-order valence-corrected chi connectivity index (χ4v) is 4.92. The third-order valence-electron chi connectivity index (χ3n) is 5.25. The molecule has 8 heteroatoms. The van der Waals surface area contributed by atoms with E-state index >= 15 is 0 Å². The Morgan fingerprint density at radius 1 is 1.17 bits per heavy atom. The zero-order valence-corrected chi connectivity index (χ0v) is 18.0. The zero-order chi connectivity index (χ0) is 21.7. The maximum absolute atomic E-state index is 13.1. The van der Waals surface area contributed by atoms with Crippen molar-refractivity contribution >= 4 is 15.9 Å². The number of piperidine rings is 1. The molecule has 0 spiro atoms. The van der Waals surface area contributed by atoms with E-state index in [1.807, 2.05) is 38.1 Å². The van der Waals surface area contributed by atoms with Crippen LogP contribution in [-0.2, 0) is 14.8 Å². The standard InChI is InChI=1S/C22H27FN2O4S/c1-16-5-3-4-6-21(16)29-15-17(2)24-22(26)18-11-13-25(14-12-18)30(27,28)20-9-7-19(23)8-10-20/h3-10,17-18H,11-15H2,1-2H3,(H,24,26). The smallest absolute Gasteiger partial charge is 0.243 e. The van der Waals surface area contributed by atoms with Gasteiger partial charge >= 0.3 is 0 Å². The van der Waals surface area contributed by atoms with Crippen molar-refractivity contribution in [3.05, 3.63) is 59.9 Å². The van der Waals surface area contributed by atoms with Gasteiger partial charge in [-0.1, -0.05) is 18.2 Å².